The molecule has 5 rings (SSSR count). The highest BCUT2D eigenvalue weighted by Gasteiger charge is 2.21. The molecule has 0 saturated carbocycles. The van der Waals surface area contributed by atoms with Crippen LogP contribution in [0.2, 0.25) is 0 Å². The van der Waals surface area contributed by atoms with Crippen LogP contribution >= 0.6 is 0 Å². The number of aromatic amines is 2. The first-order valence-corrected chi connectivity index (χ1v) is 11.6. The van der Waals surface area contributed by atoms with Gasteiger partial charge in [0.05, 0.1) is 12.7 Å². The van der Waals surface area contributed by atoms with E-state index in [2.05, 4.69) is 56.3 Å². The Balaban J connectivity index is 0.000000455. The number of anilines is 1. The molecule has 1 fully saturated rings. The number of benzene rings is 2. The average Bonchev–Trinajstić information content (AvgIpc) is 3.54. The molecule has 0 aliphatic carbocycles. The number of aromatic nitrogens is 2. The highest BCUT2D eigenvalue weighted by Crippen LogP contribution is 2.29. The van der Waals surface area contributed by atoms with Crippen molar-refractivity contribution in [1.29, 1.82) is 0 Å². The number of ether oxygens (including phenoxy) is 1. The molecule has 1 aliphatic heterocycles. The Labute approximate surface area is 207 Å². The number of carbonyl (C=O) groups is 3. The van der Waals surface area contributed by atoms with Gasteiger partial charge in [-0.2, -0.15) is 0 Å². The molecular weight excluding hydrogens is 464 g/mol. The highest BCUT2D eigenvalue weighted by atomic mass is 16.5. The van der Waals surface area contributed by atoms with Crippen molar-refractivity contribution in [3.8, 4) is 0 Å². The maximum Gasteiger partial charge on any atom is 0.414 e. The molecule has 1 saturated heterocycles. The van der Waals surface area contributed by atoms with E-state index in [1.54, 1.807) is 0 Å². The van der Waals surface area contributed by atoms with Crippen molar-refractivity contribution in [2.24, 2.45) is 0 Å². The van der Waals surface area contributed by atoms with E-state index in [0.29, 0.717) is 5.56 Å². The lowest BCUT2D eigenvalue weighted by atomic mass is 10.1. The number of carboxylic acid groups (broad SMARTS) is 2. The summed E-state index contributed by atoms with van der Waals surface area (Å²) in [5.74, 6) is -3.95. The molecule has 10 heteroatoms. The molecule has 2 aromatic carbocycles. The summed E-state index contributed by atoms with van der Waals surface area (Å²) >= 11 is 0. The van der Waals surface area contributed by atoms with E-state index in [1.165, 1.54) is 23.6 Å². The molecule has 10 nitrogen and oxygen atoms in total. The molecule has 0 atom stereocenters. The lowest BCUT2D eigenvalue weighted by Gasteiger charge is -2.36. The molecule has 0 radical (unpaired) electrons. The van der Waals surface area contributed by atoms with Crippen LogP contribution in [0.1, 0.15) is 15.9 Å². The van der Waals surface area contributed by atoms with Crippen LogP contribution in [0.15, 0.2) is 54.9 Å². The zero-order chi connectivity index (χ0) is 25.7. The molecule has 3 heterocycles. The fraction of sp³-hybridized carbons (Fsp3) is 0.269. The van der Waals surface area contributed by atoms with Crippen LogP contribution in [0.25, 0.3) is 21.8 Å². The van der Waals surface area contributed by atoms with E-state index in [9.17, 15) is 4.79 Å². The second kappa shape index (κ2) is 11.0. The number of nitrogens with one attached hydrogen (secondary N) is 2. The molecule has 0 bridgehead atoms. The van der Waals surface area contributed by atoms with E-state index < -0.39 is 11.9 Å². The Kier molecular flexibility index (Phi) is 7.55. The van der Waals surface area contributed by atoms with E-state index in [1.807, 2.05) is 18.3 Å². The fourth-order valence-electron chi connectivity index (χ4n) is 4.47. The van der Waals surface area contributed by atoms with Gasteiger partial charge in [-0.05, 0) is 36.2 Å². The topological polar surface area (TPSA) is 139 Å². The molecule has 0 unspecified atom stereocenters. The summed E-state index contributed by atoms with van der Waals surface area (Å²) in [6, 6.07) is 14.4. The monoisotopic (exact) mass is 492 g/mol. The smallest absolute Gasteiger partial charge is 0.414 e. The third kappa shape index (κ3) is 5.49. The van der Waals surface area contributed by atoms with E-state index >= 15 is 0 Å². The van der Waals surface area contributed by atoms with Gasteiger partial charge in [-0.1, -0.05) is 18.2 Å². The maximum absolute atomic E-state index is 12.1. The van der Waals surface area contributed by atoms with Crippen molar-refractivity contribution < 1.29 is 29.3 Å². The van der Waals surface area contributed by atoms with Crippen molar-refractivity contribution in [2.75, 3.05) is 44.7 Å². The summed E-state index contributed by atoms with van der Waals surface area (Å²) in [6.07, 6.45) is 5.11. The molecule has 36 heavy (non-hydrogen) atoms. The first-order chi connectivity index (χ1) is 17.4. The minimum atomic E-state index is -1.82. The molecule has 0 spiro atoms. The summed E-state index contributed by atoms with van der Waals surface area (Å²) in [5, 5.41) is 17.3. The van der Waals surface area contributed by atoms with Crippen molar-refractivity contribution in [2.45, 2.75) is 6.42 Å². The van der Waals surface area contributed by atoms with Crippen molar-refractivity contribution >= 4 is 45.4 Å². The van der Waals surface area contributed by atoms with Crippen molar-refractivity contribution in [3.63, 3.8) is 0 Å². The van der Waals surface area contributed by atoms with Gasteiger partial charge in [-0.3, -0.25) is 4.90 Å². The van der Waals surface area contributed by atoms with Crippen LogP contribution < -0.4 is 4.90 Å². The number of esters is 1. The quantitative estimate of drug-likeness (QED) is 0.246. The number of carbonyl (C=O) groups excluding carboxylic acids is 1. The van der Waals surface area contributed by atoms with Crippen LogP contribution in [0.3, 0.4) is 0 Å². The number of aliphatic carboxylic acids is 2. The molecular formula is C26H28N4O6. The minimum Gasteiger partial charge on any atom is -0.473 e. The highest BCUT2D eigenvalue weighted by molar-refractivity contribution is 6.27. The van der Waals surface area contributed by atoms with Crippen LogP contribution in [0.5, 0.6) is 0 Å². The van der Waals surface area contributed by atoms with Crippen LogP contribution in [0, 0.1) is 0 Å². The summed E-state index contributed by atoms with van der Waals surface area (Å²) < 4.78 is 4.94. The Bertz CT molecular complexity index is 1370. The molecule has 1 aliphatic rings. The van der Waals surface area contributed by atoms with Gasteiger partial charge in [-0.25, -0.2) is 14.4 Å². The molecule has 4 aromatic rings. The standard InChI is InChI=1S/C24H26N4O2.C2H2O4/c1-30-24(29)18-14-22-20(6-8-25-22)23(15-18)28-12-10-27(11-13-28)9-7-17-16-26-21-5-3-2-4-19(17)21;3-1(4)2(5)6/h2-6,8,14-16,25-26H,7,9-13H2,1H3;(H,3,4)(H,5,6). The van der Waals surface area contributed by atoms with E-state index in [4.69, 9.17) is 24.5 Å². The number of piperazine rings is 1. The van der Waals surface area contributed by atoms with Gasteiger partial charge in [0, 0.05) is 72.6 Å². The molecule has 4 N–H and O–H groups in total. The SMILES string of the molecule is COC(=O)c1cc(N2CCN(CCc3c[nH]c4ccccc34)CC2)c2cc[nH]c2c1.O=C(O)C(=O)O. The van der Waals surface area contributed by atoms with Gasteiger partial charge < -0.3 is 29.8 Å². The van der Waals surface area contributed by atoms with Gasteiger partial charge in [0.1, 0.15) is 0 Å². The van der Waals surface area contributed by atoms with Gasteiger partial charge in [0.2, 0.25) is 0 Å². The van der Waals surface area contributed by atoms with E-state index in [-0.39, 0.29) is 5.97 Å². The zero-order valence-corrected chi connectivity index (χ0v) is 19.9. The van der Waals surface area contributed by atoms with Gasteiger partial charge in [0.15, 0.2) is 0 Å². The van der Waals surface area contributed by atoms with Crippen LogP contribution in [-0.2, 0) is 20.7 Å². The summed E-state index contributed by atoms with van der Waals surface area (Å²) in [7, 11) is 1.42. The Morgan fingerprint density at radius 2 is 1.64 bits per heavy atom. The Hall–Kier alpha value is -4.31. The number of hydrogen-bond acceptors (Lipinski definition) is 6. The van der Waals surface area contributed by atoms with Gasteiger partial charge in [0.25, 0.3) is 0 Å². The fourth-order valence-corrected chi connectivity index (χ4v) is 4.47. The number of nitrogens with zero attached hydrogens (tertiary/aromatic N) is 2. The number of hydrogen-bond donors (Lipinski definition) is 4. The maximum atomic E-state index is 12.1. The van der Waals surface area contributed by atoms with Crippen molar-refractivity contribution in [3.05, 3.63) is 66.0 Å². The number of carboxylic acids is 2. The Morgan fingerprint density at radius 3 is 2.33 bits per heavy atom. The van der Waals surface area contributed by atoms with Gasteiger partial charge >= 0.3 is 17.9 Å². The first kappa shape index (κ1) is 24.8. The lowest BCUT2D eigenvalue weighted by molar-refractivity contribution is -0.159. The van der Waals surface area contributed by atoms with Crippen LogP contribution in [-0.4, -0.2) is 82.8 Å². The molecule has 2 aromatic heterocycles. The number of fused-ring (bicyclic) bond motifs is 2. The number of H-pyrrole nitrogens is 2. The number of methoxy groups -OCH3 is 1. The van der Waals surface area contributed by atoms with Gasteiger partial charge in [-0.15, -0.1) is 0 Å². The molecule has 188 valence electrons. The Morgan fingerprint density at radius 1 is 0.917 bits per heavy atom. The second-order valence-electron chi connectivity index (χ2n) is 8.47. The first-order valence-electron chi connectivity index (χ1n) is 11.6. The molecule has 0 amide bonds. The van der Waals surface area contributed by atoms with Crippen LogP contribution in [0.4, 0.5) is 5.69 Å². The number of rotatable bonds is 5. The summed E-state index contributed by atoms with van der Waals surface area (Å²) in [5.41, 5.74) is 5.25. The normalized spacial score (nSPS) is 13.9. The summed E-state index contributed by atoms with van der Waals surface area (Å²) in [6.45, 7) is 4.96. The number of para-hydroxylation sites is 1. The summed E-state index contributed by atoms with van der Waals surface area (Å²) in [4.78, 5) is 41.8. The lowest BCUT2D eigenvalue weighted by Crippen LogP contribution is -2.47. The minimum absolute atomic E-state index is 0.301. The zero-order valence-electron chi connectivity index (χ0n) is 19.9. The third-order valence-electron chi connectivity index (χ3n) is 6.34. The van der Waals surface area contributed by atoms with Crippen molar-refractivity contribution in [1.82, 2.24) is 14.9 Å². The third-order valence-corrected chi connectivity index (χ3v) is 6.34. The predicted octanol–water partition coefficient (Wildman–Crippen LogP) is 2.96. The van der Waals surface area contributed by atoms with E-state index in [0.717, 1.165) is 55.7 Å². The predicted molar refractivity (Wildman–Crippen MR) is 136 cm³/mol. The largest absolute Gasteiger partial charge is 0.473 e. The second-order valence-corrected chi connectivity index (χ2v) is 8.47. The average molecular weight is 493 g/mol.